The summed E-state index contributed by atoms with van der Waals surface area (Å²) < 4.78 is 1.75. The van der Waals surface area contributed by atoms with Crippen molar-refractivity contribution in [3.05, 3.63) is 47.8 Å². The van der Waals surface area contributed by atoms with Gasteiger partial charge in [0.15, 0.2) is 0 Å². The van der Waals surface area contributed by atoms with Crippen LogP contribution in [-0.4, -0.2) is 28.2 Å². The molecule has 3 atom stereocenters. The minimum absolute atomic E-state index is 0.136. The number of aromatic nitrogens is 3. The second kappa shape index (κ2) is 9.55. The van der Waals surface area contributed by atoms with Gasteiger partial charge in [0.05, 0.1) is 6.20 Å². The Bertz CT molecular complexity index is 847. The van der Waals surface area contributed by atoms with Crippen LogP contribution in [0.15, 0.2) is 36.5 Å². The van der Waals surface area contributed by atoms with Crippen molar-refractivity contribution in [2.24, 2.45) is 5.92 Å². The summed E-state index contributed by atoms with van der Waals surface area (Å²) in [5, 5.41) is 18.8. The van der Waals surface area contributed by atoms with Gasteiger partial charge in [-0.15, -0.1) is 10.6 Å². The van der Waals surface area contributed by atoms with E-state index in [0.717, 1.165) is 6.42 Å². The summed E-state index contributed by atoms with van der Waals surface area (Å²) >= 11 is 0. The van der Waals surface area contributed by atoms with Crippen LogP contribution in [-0.2, 0) is 6.42 Å². The summed E-state index contributed by atoms with van der Waals surface area (Å²) in [7, 11) is -1.44. The van der Waals surface area contributed by atoms with Gasteiger partial charge in [-0.1, -0.05) is 81.4 Å². The molecule has 4 nitrogen and oxygen atoms in total. The quantitative estimate of drug-likeness (QED) is 0.609. The first-order chi connectivity index (χ1) is 12.8. The first kappa shape index (κ1) is 21.0. The molecule has 0 radical (unpaired) electrons. The second-order valence-corrected chi connectivity index (χ2v) is 12.7. The van der Waals surface area contributed by atoms with E-state index < -0.39 is 14.2 Å². The molecule has 0 aliphatic rings. The Morgan fingerprint density at radius 1 is 1.15 bits per heavy atom. The molecule has 142 valence electrons. The SMILES string of the molecule is CCC(C)C(O)c1cn(C(C#CC#C[Si](C)(C)C)Cc2ccccc2)nn1. The fraction of sp³-hybridized carbons (Fsp3) is 0.455. The van der Waals surface area contributed by atoms with Crippen LogP contribution in [0.2, 0.25) is 19.6 Å². The van der Waals surface area contributed by atoms with E-state index in [1.165, 1.54) is 5.56 Å². The molecule has 27 heavy (non-hydrogen) atoms. The molecular weight excluding hydrogens is 350 g/mol. The van der Waals surface area contributed by atoms with Crippen LogP contribution >= 0.6 is 0 Å². The van der Waals surface area contributed by atoms with E-state index in [1.807, 2.05) is 31.3 Å². The van der Waals surface area contributed by atoms with Crippen molar-refractivity contribution in [1.82, 2.24) is 15.0 Å². The van der Waals surface area contributed by atoms with Gasteiger partial charge in [0.2, 0.25) is 0 Å². The Balaban J connectivity index is 2.28. The monoisotopic (exact) mass is 379 g/mol. The highest BCUT2D eigenvalue weighted by molar-refractivity contribution is 6.83. The summed E-state index contributed by atoms with van der Waals surface area (Å²) in [5.41, 5.74) is 5.04. The lowest BCUT2D eigenvalue weighted by molar-refractivity contribution is 0.111. The molecule has 2 aromatic rings. The van der Waals surface area contributed by atoms with E-state index in [1.54, 1.807) is 4.68 Å². The van der Waals surface area contributed by atoms with E-state index in [0.29, 0.717) is 12.1 Å². The van der Waals surface area contributed by atoms with E-state index in [2.05, 4.69) is 72.3 Å². The Morgan fingerprint density at radius 3 is 2.48 bits per heavy atom. The summed E-state index contributed by atoms with van der Waals surface area (Å²) in [6.07, 6.45) is 2.80. The van der Waals surface area contributed by atoms with Gasteiger partial charge in [-0.25, -0.2) is 4.68 Å². The maximum Gasteiger partial charge on any atom is 0.130 e. The van der Waals surface area contributed by atoms with Crippen molar-refractivity contribution >= 4 is 8.07 Å². The van der Waals surface area contributed by atoms with Gasteiger partial charge < -0.3 is 5.11 Å². The van der Waals surface area contributed by atoms with Crippen LogP contribution in [0.5, 0.6) is 0 Å². The molecule has 0 bridgehead atoms. The van der Waals surface area contributed by atoms with Gasteiger partial charge >= 0.3 is 0 Å². The average Bonchev–Trinajstić information content (AvgIpc) is 3.13. The van der Waals surface area contributed by atoms with Crippen LogP contribution in [0.1, 0.15) is 43.7 Å². The third kappa shape index (κ3) is 6.71. The molecule has 3 unspecified atom stereocenters. The number of aliphatic hydroxyl groups excluding tert-OH is 1. The number of rotatable bonds is 6. The highest BCUT2D eigenvalue weighted by atomic mass is 28.3. The first-order valence-corrected chi connectivity index (χ1v) is 13.0. The standard InChI is InChI=1S/C22H29N3OSi/c1-6-18(2)22(26)21-17-25(24-23-21)20(14-10-11-15-27(3,4)5)16-19-12-8-7-9-13-19/h7-9,12-13,17-18,20,22,26H,6,16H2,1-5H3. The molecular formula is C22H29N3OSi. The minimum Gasteiger partial charge on any atom is -0.386 e. The zero-order chi connectivity index (χ0) is 19.9. The van der Waals surface area contributed by atoms with Crippen molar-refractivity contribution in [2.45, 2.75) is 58.5 Å². The van der Waals surface area contributed by atoms with Crippen molar-refractivity contribution in [3.63, 3.8) is 0 Å². The molecule has 0 amide bonds. The number of aliphatic hydroxyl groups is 1. The highest BCUT2D eigenvalue weighted by Gasteiger charge is 2.20. The number of hydrogen-bond donors (Lipinski definition) is 1. The number of hydrogen-bond acceptors (Lipinski definition) is 3. The molecule has 0 spiro atoms. The van der Waals surface area contributed by atoms with Gasteiger partial charge in [0.1, 0.15) is 25.9 Å². The van der Waals surface area contributed by atoms with E-state index >= 15 is 0 Å². The maximum atomic E-state index is 10.4. The van der Waals surface area contributed by atoms with Gasteiger partial charge in [-0.2, -0.15) is 0 Å². The predicted octanol–water partition coefficient (Wildman–Crippen LogP) is 4.03. The molecule has 5 heteroatoms. The zero-order valence-corrected chi connectivity index (χ0v) is 17.9. The van der Waals surface area contributed by atoms with E-state index in [4.69, 9.17) is 0 Å². The lowest BCUT2D eigenvalue weighted by atomic mass is 10.00. The normalized spacial score (nSPS) is 14.3. The van der Waals surface area contributed by atoms with Gasteiger partial charge in [-0.05, 0) is 23.3 Å². The Morgan fingerprint density at radius 2 is 1.85 bits per heavy atom. The van der Waals surface area contributed by atoms with Crippen LogP contribution in [0.3, 0.4) is 0 Å². The molecule has 1 aromatic heterocycles. The zero-order valence-electron chi connectivity index (χ0n) is 16.9. The van der Waals surface area contributed by atoms with E-state index in [9.17, 15) is 5.11 Å². The van der Waals surface area contributed by atoms with E-state index in [-0.39, 0.29) is 12.0 Å². The van der Waals surface area contributed by atoms with Crippen LogP contribution < -0.4 is 0 Å². The van der Waals surface area contributed by atoms with Crippen molar-refractivity contribution < 1.29 is 5.11 Å². The minimum atomic E-state index is -1.44. The summed E-state index contributed by atoms with van der Waals surface area (Å²) in [6, 6.07) is 10.0. The molecule has 0 aliphatic heterocycles. The second-order valence-electron chi connectivity index (χ2n) is 7.93. The molecule has 1 heterocycles. The highest BCUT2D eigenvalue weighted by Crippen LogP contribution is 2.23. The lowest BCUT2D eigenvalue weighted by Crippen LogP contribution is -2.16. The Hall–Kier alpha value is -2.34. The van der Waals surface area contributed by atoms with Crippen molar-refractivity contribution in [1.29, 1.82) is 0 Å². The van der Waals surface area contributed by atoms with Crippen LogP contribution in [0.4, 0.5) is 0 Å². The molecule has 1 N–H and O–H groups in total. The third-order valence-corrected chi connectivity index (χ3v) is 5.22. The molecule has 0 saturated heterocycles. The fourth-order valence-corrected chi connectivity index (χ4v) is 2.92. The average molecular weight is 380 g/mol. The summed E-state index contributed by atoms with van der Waals surface area (Å²) in [6.45, 7) is 10.7. The van der Waals surface area contributed by atoms with Crippen molar-refractivity contribution in [3.8, 4) is 23.3 Å². The van der Waals surface area contributed by atoms with Crippen LogP contribution in [0.25, 0.3) is 0 Å². The first-order valence-electron chi connectivity index (χ1n) is 9.46. The van der Waals surface area contributed by atoms with Gasteiger partial charge in [0, 0.05) is 6.42 Å². The van der Waals surface area contributed by atoms with Crippen LogP contribution in [0, 0.1) is 29.2 Å². The van der Waals surface area contributed by atoms with Gasteiger partial charge in [-0.3, -0.25) is 0 Å². The number of nitrogens with zero attached hydrogens (tertiary/aromatic N) is 3. The summed E-state index contributed by atoms with van der Waals surface area (Å²) in [4.78, 5) is 0. The van der Waals surface area contributed by atoms with Gasteiger partial charge in [0.25, 0.3) is 0 Å². The fourth-order valence-electron chi connectivity index (χ4n) is 2.48. The Labute approximate surface area is 164 Å². The maximum absolute atomic E-state index is 10.4. The largest absolute Gasteiger partial charge is 0.386 e. The molecule has 0 fully saturated rings. The smallest absolute Gasteiger partial charge is 0.130 e. The van der Waals surface area contributed by atoms with Crippen molar-refractivity contribution in [2.75, 3.05) is 0 Å². The number of benzene rings is 1. The predicted molar refractivity (Wildman–Crippen MR) is 113 cm³/mol. The topological polar surface area (TPSA) is 50.9 Å². The molecule has 0 aliphatic carbocycles. The molecule has 1 aromatic carbocycles. The third-order valence-electron chi connectivity index (χ3n) is 4.34. The lowest BCUT2D eigenvalue weighted by Gasteiger charge is -2.14. The molecule has 2 rings (SSSR count). The molecule has 0 saturated carbocycles. The Kier molecular flexibility index (Phi) is 7.42. The summed E-state index contributed by atoms with van der Waals surface area (Å²) in [5.74, 6) is 9.38.